The molecule has 2 rings (SSSR count). The second kappa shape index (κ2) is 12.0. The number of esters is 1. The molecule has 0 amide bonds. The van der Waals surface area contributed by atoms with Crippen molar-refractivity contribution < 1.29 is 14.1 Å². The average molecular weight is 417 g/mol. The van der Waals surface area contributed by atoms with Crippen LogP contribution in [0.1, 0.15) is 49.5 Å². The first-order valence-corrected chi connectivity index (χ1v) is 10.6. The molecule has 1 aromatic carbocycles. The molecular formula is C25H32BN3O2. The van der Waals surface area contributed by atoms with E-state index in [-0.39, 0.29) is 18.4 Å². The molecule has 2 radical (unpaired) electrons. The third-order valence-electron chi connectivity index (χ3n) is 5.14. The highest BCUT2D eigenvalue weighted by Crippen LogP contribution is 2.14. The van der Waals surface area contributed by atoms with Gasteiger partial charge in [0.05, 0.1) is 19.7 Å². The van der Waals surface area contributed by atoms with Gasteiger partial charge < -0.3 is 4.74 Å². The maximum Gasteiger partial charge on any atom is 0.338 e. The minimum atomic E-state index is -0.334. The Morgan fingerprint density at radius 1 is 1.26 bits per heavy atom. The predicted octanol–water partition coefficient (Wildman–Crippen LogP) is 3.58. The van der Waals surface area contributed by atoms with Crippen molar-refractivity contribution >= 4 is 19.0 Å². The molecule has 0 saturated carbocycles. The van der Waals surface area contributed by atoms with Crippen LogP contribution in [0.25, 0.3) is 0 Å². The Labute approximate surface area is 186 Å². The molecule has 0 aliphatic rings. The van der Waals surface area contributed by atoms with Crippen LogP contribution in [0.4, 0.5) is 0 Å². The maximum atomic E-state index is 12.3. The van der Waals surface area contributed by atoms with E-state index in [1.807, 2.05) is 61.1 Å². The van der Waals surface area contributed by atoms with Gasteiger partial charge in [-0.2, -0.15) is 7.28 Å². The number of carbonyl (C=O) groups excluding carboxylic acids is 1. The summed E-state index contributed by atoms with van der Waals surface area (Å²) >= 11 is 0. The number of ether oxygens (including phenoxy) is 1. The Morgan fingerprint density at radius 3 is 2.55 bits per heavy atom. The zero-order valence-corrected chi connectivity index (χ0v) is 19.3. The molecule has 0 aliphatic heterocycles. The highest BCUT2D eigenvalue weighted by atomic mass is 16.5. The molecule has 1 aromatic heterocycles. The smallest absolute Gasteiger partial charge is 0.338 e. The summed E-state index contributed by atoms with van der Waals surface area (Å²) in [5.41, 5.74) is 5.04. The minimum absolute atomic E-state index is 0.253. The molecule has 0 saturated heterocycles. The van der Waals surface area contributed by atoms with Gasteiger partial charge in [-0.15, -0.1) is 5.82 Å². The number of allylic oxidation sites excluding steroid dienone is 3. The highest BCUT2D eigenvalue weighted by molar-refractivity contribution is 6.53. The van der Waals surface area contributed by atoms with Crippen molar-refractivity contribution in [1.29, 1.82) is 5.26 Å². The van der Waals surface area contributed by atoms with Crippen LogP contribution in [0.5, 0.6) is 0 Å². The topological polar surface area (TPSA) is 58.9 Å². The number of hydrogen-bond donors (Lipinski definition) is 0. The van der Waals surface area contributed by atoms with Gasteiger partial charge in [0, 0.05) is 11.8 Å². The zero-order valence-electron chi connectivity index (χ0n) is 19.3. The van der Waals surface area contributed by atoms with Crippen LogP contribution in [-0.4, -0.2) is 24.4 Å². The lowest BCUT2D eigenvalue weighted by Gasteiger charge is -2.19. The summed E-state index contributed by atoms with van der Waals surface area (Å²) in [6.45, 7) is 6.52. The van der Waals surface area contributed by atoms with Crippen molar-refractivity contribution in [1.82, 2.24) is 4.57 Å². The molecular weight excluding hydrogens is 385 g/mol. The van der Waals surface area contributed by atoms with Crippen LogP contribution in [0.15, 0.2) is 60.0 Å². The third-order valence-corrected chi connectivity index (χ3v) is 5.14. The molecule has 0 aliphatic carbocycles. The van der Waals surface area contributed by atoms with E-state index in [0.717, 1.165) is 24.1 Å². The van der Waals surface area contributed by atoms with Gasteiger partial charge in [-0.05, 0) is 58.2 Å². The Kier molecular flexibility index (Phi) is 9.33. The lowest BCUT2D eigenvalue weighted by molar-refractivity contribution is -0.653. The summed E-state index contributed by atoms with van der Waals surface area (Å²) in [6, 6.07) is 9.66. The van der Waals surface area contributed by atoms with Crippen LogP contribution < -0.4 is 10.3 Å². The van der Waals surface area contributed by atoms with Gasteiger partial charge >= 0.3 is 5.97 Å². The number of imidazole rings is 1. The van der Waals surface area contributed by atoms with Gasteiger partial charge in [0.25, 0.3) is 0 Å². The van der Waals surface area contributed by atoms with Crippen LogP contribution in [0.3, 0.4) is 0 Å². The zero-order chi connectivity index (χ0) is 22.8. The summed E-state index contributed by atoms with van der Waals surface area (Å²) in [4.78, 5) is 12.3. The summed E-state index contributed by atoms with van der Waals surface area (Å²) in [5, 5.41) is 9.55. The van der Waals surface area contributed by atoms with Gasteiger partial charge in [0.15, 0.2) is 0 Å². The van der Waals surface area contributed by atoms with Crippen molar-refractivity contribution in [3.63, 3.8) is 0 Å². The van der Waals surface area contributed by atoms with E-state index < -0.39 is 0 Å². The van der Waals surface area contributed by atoms with Crippen molar-refractivity contribution in [3.05, 3.63) is 71.1 Å². The monoisotopic (exact) mass is 417 g/mol. The summed E-state index contributed by atoms with van der Waals surface area (Å²) in [6.07, 6.45) is 10.6. The van der Waals surface area contributed by atoms with E-state index in [0.29, 0.717) is 12.0 Å². The molecule has 31 heavy (non-hydrogen) atoms. The number of aromatic nitrogens is 2. The molecule has 0 bridgehead atoms. The van der Waals surface area contributed by atoms with Gasteiger partial charge in [-0.1, -0.05) is 34.9 Å². The highest BCUT2D eigenvalue weighted by Gasteiger charge is 2.09. The molecule has 5 nitrogen and oxygen atoms in total. The molecule has 0 fully saturated rings. The number of hydrogen-bond acceptors (Lipinski definition) is 3. The normalized spacial score (nSPS) is 12.2. The molecule has 1 unspecified atom stereocenters. The quantitative estimate of drug-likeness (QED) is 0.257. The molecule has 1 heterocycles. The van der Waals surface area contributed by atoms with Gasteiger partial charge in [0.2, 0.25) is 0 Å². The van der Waals surface area contributed by atoms with E-state index in [1.165, 1.54) is 11.1 Å². The first kappa shape index (κ1) is 24.2. The summed E-state index contributed by atoms with van der Waals surface area (Å²) in [7, 11) is 5.88. The molecule has 0 N–H and O–H groups in total. The molecule has 1 atom stereocenters. The van der Waals surface area contributed by atoms with E-state index in [9.17, 15) is 10.1 Å². The second-order valence-corrected chi connectivity index (χ2v) is 8.15. The Bertz CT molecular complexity index is 958. The van der Waals surface area contributed by atoms with Crippen LogP contribution in [0, 0.1) is 11.3 Å². The van der Waals surface area contributed by atoms with Gasteiger partial charge in [-0.3, -0.25) is 9.13 Å². The number of benzene rings is 1. The summed E-state index contributed by atoms with van der Waals surface area (Å²) in [5.74, 6) is -0.587. The van der Waals surface area contributed by atoms with E-state index in [2.05, 4.69) is 32.9 Å². The van der Waals surface area contributed by atoms with Crippen molar-refractivity contribution in [2.24, 2.45) is 14.1 Å². The van der Waals surface area contributed by atoms with E-state index >= 15 is 0 Å². The number of nitriles is 1. The molecule has 2 aromatic rings. The second-order valence-electron chi connectivity index (χ2n) is 8.15. The Balaban J connectivity index is 1.87. The standard InChI is InChI=1S/C25H32BN3O2/c1-19(2)7-6-8-20(3)13-16-31-24(30)22-11-9-21(10-12-22)17-23(18-27)26-25-28(4)14-15-29(25)5/h7,9-15,23H,6,8,16-17H2,1-5H3/b20-13-. The van der Waals surface area contributed by atoms with Gasteiger partial charge in [0.1, 0.15) is 19.0 Å². The number of nitrogens with zero attached hydrogens (tertiary/aromatic N) is 3. The van der Waals surface area contributed by atoms with Crippen molar-refractivity contribution in [3.8, 4) is 6.07 Å². The average Bonchev–Trinajstić information content (AvgIpc) is 3.05. The third kappa shape index (κ3) is 7.94. The lowest BCUT2D eigenvalue weighted by Crippen LogP contribution is -2.50. The van der Waals surface area contributed by atoms with Crippen LogP contribution in [0.2, 0.25) is 5.82 Å². The minimum Gasteiger partial charge on any atom is -0.458 e. The lowest BCUT2D eigenvalue weighted by atomic mass is 9.62. The van der Waals surface area contributed by atoms with E-state index in [4.69, 9.17) is 4.74 Å². The van der Waals surface area contributed by atoms with Gasteiger partial charge in [-0.25, -0.2) is 10.1 Å². The molecule has 0 spiro atoms. The fraction of sp³-hybridized carbons (Fsp3) is 0.400. The van der Waals surface area contributed by atoms with Crippen molar-refractivity contribution in [2.45, 2.75) is 45.9 Å². The number of rotatable bonds is 10. The SMILES string of the molecule is CC(C)=CCC/C(C)=C\COC(=O)c1ccc(CC([B-]c2n(C)cc[n+]2C)C#N)cc1. The fourth-order valence-corrected chi connectivity index (χ4v) is 3.22. The Hall–Kier alpha value is -3.07. The van der Waals surface area contributed by atoms with E-state index in [1.54, 1.807) is 12.1 Å². The van der Waals surface area contributed by atoms with Crippen LogP contribution >= 0.6 is 0 Å². The number of aryl methyl sites for hydroxylation is 2. The molecule has 162 valence electrons. The van der Waals surface area contributed by atoms with Crippen molar-refractivity contribution in [2.75, 3.05) is 6.61 Å². The first-order chi connectivity index (χ1) is 14.8. The largest absolute Gasteiger partial charge is 0.458 e. The Morgan fingerprint density at radius 2 is 1.97 bits per heavy atom. The summed E-state index contributed by atoms with van der Waals surface area (Å²) < 4.78 is 9.34. The maximum absolute atomic E-state index is 12.3. The number of carbonyl (C=O) groups is 1. The first-order valence-electron chi connectivity index (χ1n) is 10.6. The van der Waals surface area contributed by atoms with Crippen LogP contribution in [-0.2, 0) is 25.3 Å². The predicted molar refractivity (Wildman–Crippen MR) is 124 cm³/mol. The molecule has 6 heteroatoms. The fourth-order valence-electron chi connectivity index (χ4n) is 3.22.